The molecule has 2 aromatic heterocycles. The van der Waals surface area contributed by atoms with E-state index in [1.54, 1.807) is 0 Å². The van der Waals surface area contributed by atoms with Crippen LogP contribution in [0.25, 0.3) is 0 Å². The molecule has 0 amide bonds. The van der Waals surface area contributed by atoms with Gasteiger partial charge in [0.05, 0.1) is 6.54 Å². The summed E-state index contributed by atoms with van der Waals surface area (Å²) in [6.45, 7) is 6.55. The summed E-state index contributed by atoms with van der Waals surface area (Å²) in [5.41, 5.74) is 6.84. The molecule has 2 rings (SSSR count). The zero-order valence-corrected chi connectivity index (χ0v) is 11.9. The highest BCUT2D eigenvalue weighted by Crippen LogP contribution is 2.22. The maximum absolute atomic E-state index is 5.93. The van der Waals surface area contributed by atoms with Gasteiger partial charge >= 0.3 is 0 Å². The first-order valence-corrected chi connectivity index (χ1v) is 6.40. The average Bonchev–Trinajstić information content (AvgIpc) is 2.77. The fourth-order valence-electron chi connectivity index (χ4n) is 1.98. The minimum Gasteiger partial charge on any atom is -0.464 e. The normalized spacial score (nSPS) is 10.7. The van der Waals surface area contributed by atoms with E-state index in [0.29, 0.717) is 12.4 Å². The van der Waals surface area contributed by atoms with Crippen LogP contribution in [-0.2, 0) is 13.0 Å². The summed E-state index contributed by atoms with van der Waals surface area (Å²) in [5, 5.41) is 0. The zero-order valence-electron chi connectivity index (χ0n) is 11.9. The zero-order chi connectivity index (χ0) is 14.0. The molecule has 0 saturated heterocycles. The van der Waals surface area contributed by atoms with Gasteiger partial charge in [0.15, 0.2) is 0 Å². The Morgan fingerprint density at radius 1 is 1.26 bits per heavy atom. The molecule has 2 N–H and O–H groups in total. The molecule has 0 bridgehead atoms. The van der Waals surface area contributed by atoms with E-state index in [1.807, 2.05) is 44.9 Å². The van der Waals surface area contributed by atoms with Crippen LogP contribution < -0.4 is 10.6 Å². The quantitative estimate of drug-likeness (QED) is 0.914. The molecular formula is C14H20N4O. The third kappa shape index (κ3) is 2.86. The maximum Gasteiger partial charge on any atom is 0.137 e. The van der Waals surface area contributed by atoms with Crippen molar-refractivity contribution in [1.29, 1.82) is 0 Å². The number of rotatable bonds is 4. The number of nitrogen functional groups attached to an aromatic ring is 1. The van der Waals surface area contributed by atoms with E-state index >= 15 is 0 Å². The fraction of sp³-hybridized carbons (Fsp3) is 0.429. The number of hydrogen-bond donors (Lipinski definition) is 1. The lowest BCUT2D eigenvalue weighted by molar-refractivity contribution is 0.481. The van der Waals surface area contributed by atoms with Crippen molar-refractivity contribution in [1.82, 2.24) is 9.97 Å². The number of nitrogens with zero attached hydrogens (tertiary/aromatic N) is 3. The van der Waals surface area contributed by atoms with Crippen molar-refractivity contribution < 1.29 is 4.42 Å². The van der Waals surface area contributed by atoms with Gasteiger partial charge in [-0.2, -0.15) is 0 Å². The van der Waals surface area contributed by atoms with Gasteiger partial charge in [-0.1, -0.05) is 6.92 Å². The van der Waals surface area contributed by atoms with Gasteiger partial charge < -0.3 is 15.1 Å². The predicted octanol–water partition coefficient (Wildman–Crippen LogP) is 2.47. The Bertz CT molecular complexity index is 577. The highest BCUT2D eigenvalue weighted by Gasteiger charge is 2.13. The smallest absolute Gasteiger partial charge is 0.137 e. The highest BCUT2D eigenvalue weighted by molar-refractivity contribution is 5.56. The molecule has 0 unspecified atom stereocenters. The van der Waals surface area contributed by atoms with Crippen LogP contribution in [0.5, 0.6) is 0 Å². The van der Waals surface area contributed by atoms with Crippen LogP contribution in [0.2, 0.25) is 0 Å². The van der Waals surface area contributed by atoms with Gasteiger partial charge in [0, 0.05) is 19.0 Å². The van der Waals surface area contributed by atoms with Crippen LogP contribution in [-0.4, -0.2) is 17.0 Å². The second-order valence-corrected chi connectivity index (χ2v) is 4.70. The summed E-state index contributed by atoms with van der Waals surface area (Å²) < 4.78 is 5.59. The minimum atomic E-state index is 0.546. The molecule has 2 aromatic rings. The Morgan fingerprint density at radius 3 is 2.58 bits per heavy atom. The number of aryl methyl sites for hydroxylation is 2. The molecule has 0 atom stereocenters. The fourth-order valence-corrected chi connectivity index (χ4v) is 1.98. The molecule has 19 heavy (non-hydrogen) atoms. The Balaban J connectivity index is 2.27. The Labute approximate surface area is 113 Å². The van der Waals surface area contributed by atoms with Gasteiger partial charge in [-0.15, -0.1) is 0 Å². The van der Waals surface area contributed by atoms with Crippen LogP contribution in [0.1, 0.15) is 29.8 Å². The molecule has 0 spiro atoms. The monoisotopic (exact) mass is 260 g/mol. The first-order chi connectivity index (χ1) is 9.01. The Kier molecular flexibility index (Phi) is 3.74. The van der Waals surface area contributed by atoms with E-state index in [1.165, 1.54) is 0 Å². The summed E-state index contributed by atoms with van der Waals surface area (Å²) in [5.74, 6) is 3.99. The number of anilines is 2. The van der Waals surface area contributed by atoms with Crippen molar-refractivity contribution >= 4 is 11.6 Å². The molecule has 0 aliphatic carbocycles. The van der Waals surface area contributed by atoms with Crippen LogP contribution >= 0.6 is 0 Å². The number of nitrogens with two attached hydrogens (primary N) is 1. The summed E-state index contributed by atoms with van der Waals surface area (Å²) in [4.78, 5) is 10.8. The number of hydrogen-bond acceptors (Lipinski definition) is 5. The molecule has 0 saturated carbocycles. The van der Waals surface area contributed by atoms with E-state index in [-0.39, 0.29) is 0 Å². The molecule has 0 fully saturated rings. The molecule has 0 radical (unpaired) electrons. The van der Waals surface area contributed by atoms with Crippen molar-refractivity contribution in [2.24, 2.45) is 0 Å². The molecule has 102 valence electrons. The summed E-state index contributed by atoms with van der Waals surface area (Å²) in [7, 11) is 1.98. The molecule has 5 nitrogen and oxygen atoms in total. The van der Waals surface area contributed by atoms with Crippen LogP contribution in [0.15, 0.2) is 16.5 Å². The van der Waals surface area contributed by atoms with Gasteiger partial charge in [0.1, 0.15) is 29.0 Å². The molecule has 0 aliphatic heterocycles. The van der Waals surface area contributed by atoms with Crippen LogP contribution in [0, 0.1) is 13.8 Å². The van der Waals surface area contributed by atoms with E-state index in [0.717, 1.165) is 35.1 Å². The Morgan fingerprint density at radius 2 is 2.00 bits per heavy atom. The van der Waals surface area contributed by atoms with Gasteiger partial charge in [0.25, 0.3) is 0 Å². The summed E-state index contributed by atoms with van der Waals surface area (Å²) in [6.07, 6.45) is 0.769. The molecular weight excluding hydrogens is 240 g/mol. The first-order valence-electron chi connectivity index (χ1n) is 6.40. The topological polar surface area (TPSA) is 68.2 Å². The minimum absolute atomic E-state index is 0.546. The van der Waals surface area contributed by atoms with Gasteiger partial charge in [0.2, 0.25) is 0 Å². The molecule has 0 aromatic carbocycles. The van der Waals surface area contributed by atoms with Crippen molar-refractivity contribution in [2.45, 2.75) is 33.7 Å². The number of aromatic nitrogens is 2. The first kappa shape index (κ1) is 13.4. The third-order valence-electron chi connectivity index (χ3n) is 3.07. The van der Waals surface area contributed by atoms with Crippen molar-refractivity contribution in [2.75, 3.05) is 17.7 Å². The SMILES string of the molecule is CCc1nc(N)c(C)c(N(C)Cc2ccc(C)o2)n1. The van der Waals surface area contributed by atoms with Crippen LogP contribution in [0.4, 0.5) is 11.6 Å². The maximum atomic E-state index is 5.93. The van der Waals surface area contributed by atoms with Gasteiger partial charge in [-0.25, -0.2) is 9.97 Å². The third-order valence-corrected chi connectivity index (χ3v) is 3.07. The summed E-state index contributed by atoms with van der Waals surface area (Å²) >= 11 is 0. The average molecular weight is 260 g/mol. The lowest BCUT2D eigenvalue weighted by Crippen LogP contribution is -2.20. The number of furan rings is 1. The molecule has 0 aliphatic rings. The van der Waals surface area contributed by atoms with Crippen molar-refractivity contribution in [3.05, 3.63) is 35.0 Å². The van der Waals surface area contributed by atoms with E-state index in [4.69, 9.17) is 10.2 Å². The van der Waals surface area contributed by atoms with Crippen molar-refractivity contribution in [3.63, 3.8) is 0 Å². The standard InChI is InChI=1S/C14H20N4O/c1-5-12-16-13(15)10(3)14(17-12)18(4)8-11-7-6-9(2)19-11/h6-7H,5,8H2,1-4H3,(H2,15,16,17). The second-order valence-electron chi connectivity index (χ2n) is 4.70. The van der Waals surface area contributed by atoms with Crippen LogP contribution in [0.3, 0.4) is 0 Å². The predicted molar refractivity (Wildman–Crippen MR) is 76.1 cm³/mol. The van der Waals surface area contributed by atoms with E-state index < -0.39 is 0 Å². The lowest BCUT2D eigenvalue weighted by Gasteiger charge is -2.20. The largest absolute Gasteiger partial charge is 0.464 e. The van der Waals surface area contributed by atoms with Gasteiger partial charge in [-0.05, 0) is 26.0 Å². The van der Waals surface area contributed by atoms with E-state index in [9.17, 15) is 0 Å². The molecule has 5 heteroatoms. The van der Waals surface area contributed by atoms with Crippen molar-refractivity contribution in [3.8, 4) is 0 Å². The second kappa shape index (κ2) is 5.30. The Hall–Kier alpha value is -2.04. The lowest BCUT2D eigenvalue weighted by atomic mass is 10.2. The van der Waals surface area contributed by atoms with E-state index in [2.05, 4.69) is 9.97 Å². The summed E-state index contributed by atoms with van der Waals surface area (Å²) in [6, 6.07) is 3.94. The molecule has 2 heterocycles. The highest BCUT2D eigenvalue weighted by atomic mass is 16.3. The van der Waals surface area contributed by atoms with Gasteiger partial charge in [-0.3, -0.25) is 0 Å².